The molecule has 1 aromatic carbocycles. The Hall–Kier alpha value is -2.38. The van der Waals surface area contributed by atoms with Crippen LogP contribution in [0.15, 0.2) is 33.9 Å². The molecule has 2 aromatic heterocycles. The van der Waals surface area contributed by atoms with E-state index in [1.807, 2.05) is 23.6 Å². The van der Waals surface area contributed by atoms with Gasteiger partial charge in [0.05, 0.1) is 5.60 Å². The Balaban J connectivity index is 1.83. The quantitative estimate of drug-likeness (QED) is 0.722. The van der Waals surface area contributed by atoms with Gasteiger partial charge in [0.15, 0.2) is 11.2 Å². The Kier molecular flexibility index (Phi) is 4.24. The standard InChI is InChI=1S/C19H21ClN4O3/c1-12-21-16-15(24(12)11-13-3-5-14(20)6-4-13)17(25)23(18(26)22(16)2)10-9-19(27)7-8-19/h3-6,27H,7-11H2,1-2H3. The van der Waals surface area contributed by atoms with Gasteiger partial charge in [-0.2, -0.15) is 0 Å². The largest absolute Gasteiger partial charge is 0.390 e. The minimum atomic E-state index is -0.723. The zero-order valence-corrected chi connectivity index (χ0v) is 16.0. The molecule has 0 atom stereocenters. The zero-order valence-electron chi connectivity index (χ0n) is 15.3. The first-order chi connectivity index (χ1) is 12.8. The number of aryl methyl sites for hydroxylation is 2. The van der Waals surface area contributed by atoms with Crippen LogP contribution in [0, 0.1) is 6.92 Å². The number of rotatable bonds is 5. The Morgan fingerprint density at radius 2 is 1.85 bits per heavy atom. The van der Waals surface area contributed by atoms with Gasteiger partial charge in [0.25, 0.3) is 5.56 Å². The van der Waals surface area contributed by atoms with Crippen LogP contribution in [0.1, 0.15) is 30.7 Å². The molecule has 27 heavy (non-hydrogen) atoms. The summed E-state index contributed by atoms with van der Waals surface area (Å²) in [6.07, 6.45) is 1.84. The molecule has 0 radical (unpaired) electrons. The van der Waals surface area contributed by atoms with E-state index in [0.717, 1.165) is 18.4 Å². The van der Waals surface area contributed by atoms with Crippen molar-refractivity contribution in [2.45, 2.75) is 44.9 Å². The van der Waals surface area contributed by atoms with Crippen LogP contribution in [-0.4, -0.2) is 29.4 Å². The molecule has 1 aliphatic carbocycles. The SMILES string of the molecule is Cc1nc2c(c(=O)n(CCC3(O)CC3)c(=O)n2C)n1Cc1ccc(Cl)cc1. The first-order valence-electron chi connectivity index (χ1n) is 8.92. The molecule has 1 N–H and O–H groups in total. The lowest BCUT2D eigenvalue weighted by Gasteiger charge is -2.12. The van der Waals surface area contributed by atoms with Crippen LogP contribution in [0.4, 0.5) is 0 Å². The van der Waals surface area contributed by atoms with E-state index < -0.39 is 11.3 Å². The van der Waals surface area contributed by atoms with Crippen LogP contribution in [0.2, 0.25) is 5.02 Å². The van der Waals surface area contributed by atoms with E-state index in [0.29, 0.717) is 35.0 Å². The van der Waals surface area contributed by atoms with Crippen molar-refractivity contribution < 1.29 is 5.11 Å². The molecule has 0 unspecified atom stereocenters. The third kappa shape index (κ3) is 3.21. The number of aromatic nitrogens is 4. The molecule has 1 saturated carbocycles. The van der Waals surface area contributed by atoms with Crippen LogP contribution in [-0.2, 0) is 20.1 Å². The van der Waals surface area contributed by atoms with Gasteiger partial charge in [-0.25, -0.2) is 9.78 Å². The van der Waals surface area contributed by atoms with E-state index in [9.17, 15) is 14.7 Å². The van der Waals surface area contributed by atoms with Crippen molar-refractivity contribution in [1.82, 2.24) is 18.7 Å². The Morgan fingerprint density at radius 1 is 1.19 bits per heavy atom. The second-order valence-corrected chi connectivity index (χ2v) is 7.75. The van der Waals surface area contributed by atoms with Gasteiger partial charge in [-0.3, -0.25) is 13.9 Å². The summed E-state index contributed by atoms with van der Waals surface area (Å²) in [7, 11) is 1.62. The Bertz CT molecular complexity index is 1140. The highest BCUT2D eigenvalue weighted by Crippen LogP contribution is 2.38. The smallest absolute Gasteiger partial charge is 0.332 e. The number of hydrogen-bond donors (Lipinski definition) is 1. The minimum absolute atomic E-state index is 0.198. The molecule has 0 bridgehead atoms. The molecule has 1 aliphatic rings. The summed E-state index contributed by atoms with van der Waals surface area (Å²) < 4.78 is 4.43. The summed E-state index contributed by atoms with van der Waals surface area (Å²) in [6, 6.07) is 7.40. The zero-order chi connectivity index (χ0) is 19.3. The summed E-state index contributed by atoms with van der Waals surface area (Å²) in [5.74, 6) is 0.658. The molecule has 8 heteroatoms. The molecule has 2 heterocycles. The van der Waals surface area contributed by atoms with Gasteiger partial charge in [0, 0.05) is 25.2 Å². The van der Waals surface area contributed by atoms with Crippen molar-refractivity contribution in [3.05, 3.63) is 61.5 Å². The van der Waals surface area contributed by atoms with Crippen molar-refractivity contribution >= 4 is 22.8 Å². The number of benzene rings is 1. The van der Waals surface area contributed by atoms with E-state index in [1.54, 1.807) is 19.2 Å². The first kappa shape index (κ1) is 18.0. The Morgan fingerprint density at radius 3 is 2.48 bits per heavy atom. The lowest BCUT2D eigenvalue weighted by atomic mass is 10.2. The molecular weight excluding hydrogens is 368 g/mol. The van der Waals surface area contributed by atoms with Gasteiger partial charge in [-0.05, 0) is 43.9 Å². The lowest BCUT2D eigenvalue weighted by molar-refractivity contribution is 0.133. The highest BCUT2D eigenvalue weighted by atomic mass is 35.5. The maximum Gasteiger partial charge on any atom is 0.332 e. The second-order valence-electron chi connectivity index (χ2n) is 7.32. The molecule has 1 fully saturated rings. The predicted molar refractivity (Wildman–Crippen MR) is 103 cm³/mol. The molecule has 0 saturated heterocycles. The van der Waals surface area contributed by atoms with Crippen LogP contribution >= 0.6 is 11.6 Å². The average molecular weight is 389 g/mol. The van der Waals surface area contributed by atoms with Gasteiger partial charge >= 0.3 is 5.69 Å². The number of fused-ring (bicyclic) bond motifs is 1. The van der Waals surface area contributed by atoms with Crippen molar-refractivity contribution in [1.29, 1.82) is 0 Å². The molecule has 0 spiro atoms. The summed E-state index contributed by atoms with van der Waals surface area (Å²) in [6.45, 7) is 2.47. The highest BCUT2D eigenvalue weighted by Gasteiger charge is 2.40. The second kappa shape index (κ2) is 6.35. The van der Waals surface area contributed by atoms with Gasteiger partial charge in [-0.15, -0.1) is 0 Å². The van der Waals surface area contributed by atoms with E-state index in [4.69, 9.17) is 11.6 Å². The van der Waals surface area contributed by atoms with E-state index >= 15 is 0 Å². The number of halogens is 1. The molecule has 3 aromatic rings. The van der Waals surface area contributed by atoms with Crippen LogP contribution < -0.4 is 11.2 Å². The fourth-order valence-corrected chi connectivity index (χ4v) is 3.48. The fraction of sp³-hybridized carbons (Fsp3) is 0.421. The number of imidazole rings is 1. The monoisotopic (exact) mass is 388 g/mol. The maximum absolute atomic E-state index is 13.1. The molecule has 0 amide bonds. The fourth-order valence-electron chi connectivity index (χ4n) is 3.36. The summed E-state index contributed by atoms with van der Waals surface area (Å²) in [5, 5.41) is 10.7. The van der Waals surface area contributed by atoms with Crippen molar-refractivity contribution in [3.63, 3.8) is 0 Å². The lowest BCUT2D eigenvalue weighted by Crippen LogP contribution is -2.40. The number of nitrogens with zero attached hydrogens (tertiary/aromatic N) is 4. The first-order valence-corrected chi connectivity index (χ1v) is 9.30. The van der Waals surface area contributed by atoms with Crippen LogP contribution in [0.25, 0.3) is 11.2 Å². The normalized spacial score (nSPS) is 15.4. The van der Waals surface area contributed by atoms with Gasteiger partial charge < -0.3 is 9.67 Å². The van der Waals surface area contributed by atoms with E-state index in [-0.39, 0.29) is 12.1 Å². The summed E-state index contributed by atoms with van der Waals surface area (Å²) in [5.41, 5.74) is 0.248. The molecule has 142 valence electrons. The maximum atomic E-state index is 13.1. The van der Waals surface area contributed by atoms with Gasteiger partial charge in [0.2, 0.25) is 0 Å². The summed E-state index contributed by atoms with van der Waals surface area (Å²) >= 11 is 5.95. The van der Waals surface area contributed by atoms with Crippen LogP contribution in [0.5, 0.6) is 0 Å². The van der Waals surface area contributed by atoms with Crippen molar-refractivity contribution in [2.24, 2.45) is 7.05 Å². The van der Waals surface area contributed by atoms with Gasteiger partial charge in [-0.1, -0.05) is 23.7 Å². The molecule has 0 aliphatic heterocycles. The minimum Gasteiger partial charge on any atom is -0.390 e. The molecular formula is C19H21ClN4O3. The average Bonchev–Trinajstić information content (AvgIpc) is 3.28. The molecule has 7 nitrogen and oxygen atoms in total. The third-order valence-corrected chi connectivity index (χ3v) is 5.56. The number of aliphatic hydroxyl groups is 1. The topological polar surface area (TPSA) is 82.1 Å². The third-order valence-electron chi connectivity index (χ3n) is 5.31. The van der Waals surface area contributed by atoms with Crippen molar-refractivity contribution in [3.8, 4) is 0 Å². The van der Waals surface area contributed by atoms with Gasteiger partial charge in [0.1, 0.15) is 5.82 Å². The molecule has 4 rings (SSSR count). The number of hydrogen-bond acceptors (Lipinski definition) is 4. The predicted octanol–water partition coefficient (Wildman–Crippen LogP) is 1.82. The highest BCUT2D eigenvalue weighted by molar-refractivity contribution is 6.30. The van der Waals surface area contributed by atoms with E-state index in [1.165, 1.54) is 9.13 Å². The van der Waals surface area contributed by atoms with E-state index in [2.05, 4.69) is 4.98 Å². The van der Waals surface area contributed by atoms with Crippen molar-refractivity contribution in [2.75, 3.05) is 0 Å². The Labute approximate surface area is 160 Å². The summed E-state index contributed by atoms with van der Waals surface area (Å²) in [4.78, 5) is 30.2. The van der Waals surface area contributed by atoms with Crippen LogP contribution in [0.3, 0.4) is 0 Å².